The van der Waals surface area contributed by atoms with Crippen LogP contribution in [0.3, 0.4) is 0 Å². The lowest BCUT2D eigenvalue weighted by Crippen LogP contribution is -2.61. The molecule has 3 aliphatic rings. The summed E-state index contributed by atoms with van der Waals surface area (Å²) in [4.78, 5) is 37.0. The van der Waals surface area contributed by atoms with Gasteiger partial charge in [-0.1, -0.05) is 18.6 Å². The lowest BCUT2D eigenvalue weighted by molar-refractivity contribution is -0.384. The Bertz CT molecular complexity index is 849. The van der Waals surface area contributed by atoms with E-state index in [0.717, 1.165) is 37.3 Å². The van der Waals surface area contributed by atoms with Crippen LogP contribution in [0.4, 0.5) is 5.69 Å². The van der Waals surface area contributed by atoms with Crippen molar-refractivity contribution in [2.45, 2.75) is 37.5 Å². The number of piperidine rings is 1. The number of nitrogens with zero attached hydrogens (tertiary/aromatic N) is 4. The topological polar surface area (TPSA) is 107 Å². The van der Waals surface area contributed by atoms with Gasteiger partial charge >= 0.3 is 0 Å². The zero-order valence-corrected chi connectivity index (χ0v) is 16.2. The summed E-state index contributed by atoms with van der Waals surface area (Å²) >= 11 is 0. The molecule has 4 rings (SSSR count). The number of aliphatic hydroxyl groups is 1. The average Bonchev–Trinajstić information content (AvgIpc) is 2.97. The van der Waals surface area contributed by atoms with E-state index in [4.69, 9.17) is 0 Å². The van der Waals surface area contributed by atoms with Crippen LogP contribution in [0.5, 0.6) is 0 Å². The lowest BCUT2D eigenvalue weighted by Gasteiger charge is -2.47. The minimum atomic E-state index is -0.997. The number of amides is 2. The highest BCUT2D eigenvalue weighted by atomic mass is 16.6. The fourth-order valence-electron chi connectivity index (χ4n) is 4.50. The van der Waals surface area contributed by atoms with E-state index in [1.165, 1.54) is 31.3 Å². The third-order valence-electron chi connectivity index (χ3n) is 6.07. The molecule has 3 heterocycles. The molecular weight excluding hydrogens is 376 g/mol. The molecule has 1 aromatic rings. The van der Waals surface area contributed by atoms with Crippen molar-refractivity contribution in [3.05, 3.63) is 52.1 Å². The molecule has 0 aliphatic carbocycles. The summed E-state index contributed by atoms with van der Waals surface area (Å²) in [6.45, 7) is 1.51. The summed E-state index contributed by atoms with van der Waals surface area (Å²) in [6, 6.07) is 4.57. The number of likely N-dealkylation sites (N-methyl/N-ethyl adjacent to an activating group) is 1. The van der Waals surface area contributed by atoms with E-state index in [0.29, 0.717) is 5.56 Å². The van der Waals surface area contributed by atoms with E-state index in [1.54, 1.807) is 12.2 Å². The second-order valence-corrected chi connectivity index (χ2v) is 7.77. The molecule has 154 valence electrons. The van der Waals surface area contributed by atoms with Gasteiger partial charge in [0.2, 0.25) is 11.8 Å². The number of nitro benzene ring substituents is 1. The number of nitro groups is 1. The van der Waals surface area contributed by atoms with Gasteiger partial charge < -0.3 is 5.11 Å². The third kappa shape index (κ3) is 3.35. The van der Waals surface area contributed by atoms with Gasteiger partial charge in [-0.15, -0.1) is 0 Å². The number of hydrogen-bond acceptors (Lipinski definition) is 7. The highest BCUT2D eigenvalue weighted by molar-refractivity contribution is 6.07. The second-order valence-electron chi connectivity index (χ2n) is 7.77. The standard InChI is InChI=1S/C20H24N4O5/c1-21-19(26)15-9-10-16(18(25)13-5-7-14(8-6-13)24(28)29)23(17(15)20(21)27)22-11-3-2-4-12-22/h5-10,15-18,25H,2-4,11-12H2,1H3. The third-order valence-corrected chi connectivity index (χ3v) is 6.07. The fourth-order valence-corrected chi connectivity index (χ4v) is 4.50. The maximum atomic E-state index is 12.9. The molecule has 3 aliphatic heterocycles. The molecule has 0 spiro atoms. The Labute approximate surface area is 168 Å². The number of likely N-dealkylation sites (tertiary alicyclic amines) is 1. The lowest BCUT2D eigenvalue weighted by atomic mass is 9.90. The number of imide groups is 1. The van der Waals surface area contributed by atoms with Gasteiger partial charge in [-0.3, -0.25) is 24.6 Å². The monoisotopic (exact) mass is 400 g/mol. The van der Waals surface area contributed by atoms with Crippen molar-refractivity contribution >= 4 is 17.5 Å². The molecular formula is C20H24N4O5. The number of aliphatic hydroxyl groups excluding tert-OH is 1. The molecule has 2 fully saturated rings. The summed E-state index contributed by atoms with van der Waals surface area (Å²) in [7, 11) is 1.49. The van der Waals surface area contributed by atoms with E-state index in [1.807, 2.05) is 5.01 Å². The second kappa shape index (κ2) is 7.66. The Kier molecular flexibility index (Phi) is 5.20. The van der Waals surface area contributed by atoms with E-state index in [-0.39, 0.29) is 17.5 Å². The van der Waals surface area contributed by atoms with Crippen LogP contribution in [0.1, 0.15) is 30.9 Å². The van der Waals surface area contributed by atoms with Crippen molar-refractivity contribution in [2.75, 3.05) is 20.1 Å². The van der Waals surface area contributed by atoms with Crippen molar-refractivity contribution < 1.29 is 19.6 Å². The van der Waals surface area contributed by atoms with Crippen molar-refractivity contribution in [3.63, 3.8) is 0 Å². The van der Waals surface area contributed by atoms with Crippen molar-refractivity contribution in [1.29, 1.82) is 0 Å². The summed E-state index contributed by atoms with van der Waals surface area (Å²) in [5.41, 5.74) is 0.474. The maximum absolute atomic E-state index is 12.9. The predicted molar refractivity (Wildman–Crippen MR) is 103 cm³/mol. The predicted octanol–water partition coefficient (Wildman–Crippen LogP) is 1.25. The number of carbonyl (C=O) groups is 2. The summed E-state index contributed by atoms with van der Waals surface area (Å²) < 4.78 is 0. The molecule has 2 saturated heterocycles. The van der Waals surface area contributed by atoms with E-state index in [9.17, 15) is 24.8 Å². The molecule has 0 radical (unpaired) electrons. The van der Waals surface area contributed by atoms with Crippen molar-refractivity contribution in [3.8, 4) is 0 Å². The van der Waals surface area contributed by atoms with Crippen LogP contribution >= 0.6 is 0 Å². The number of carbonyl (C=O) groups excluding carboxylic acids is 2. The van der Waals surface area contributed by atoms with Crippen LogP contribution in [0, 0.1) is 16.0 Å². The van der Waals surface area contributed by atoms with Crippen LogP contribution in [0.25, 0.3) is 0 Å². The molecule has 0 bridgehead atoms. The molecule has 1 N–H and O–H groups in total. The van der Waals surface area contributed by atoms with Crippen LogP contribution in [-0.4, -0.2) is 69.0 Å². The molecule has 2 amide bonds. The number of non-ortho nitro benzene ring substituents is 1. The number of rotatable bonds is 4. The molecule has 0 saturated carbocycles. The van der Waals surface area contributed by atoms with Gasteiger partial charge in [-0.05, 0) is 30.5 Å². The Morgan fingerprint density at radius 1 is 1.07 bits per heavy atom. The minimum absolute atomic E-state index is 0.0497. The van der Waals surface area contributed by atoms with Crippen LogP contribution in [-0.2, 0) is 9.59 Å². The summed E-state index contributed by atoms with van der Waals surface area (Å²) in [5.74, 6) is -1.06. The van der Waals surface area contributed by atoms with Gasteiger partial charge in [0.05, 0.1) is 23.0 Å². The molecule has 4 unspecified atom stereocenters. The quantitative estimate of drug-likeness (QED) is 0.351. The first kappa shape index (κ1) is 19.7. The SMILES string of the molecule is CN1C(=O)C2C=CC(C(O)c3ccc([N+](=O)[O-])cc3)N(N3CCCCC3)C2C1=O. The minimum Gasteiger partial charge on any atom is -0.386 e. The highest BCUT2D eigenvalue weighted by Gasteiger charge is 2.53. The largest absolute Gasteiger partial charge is 0.386 e. The number of fused-ring (bicyclic) bond motifs is 1. The Morgan fingerprint density at radius 2 is 1.72 bits per heavy atom. The van der Waals surface area contributed by atoms with Crippen molar-refractivity contribution in [2.24, 2.45) is 5.92 Å². The van der Waals surface area contributed by atoms with Gasteiger partial charge in [-0.2, -0.15) is 0 Å². The Hall–Kier alpha value is -2.62. The first-order chi connectivity index (χ1) is 13.9. The van der Waals surface area contributed by atoms with E-state index >= 15 is 0 Å². The molecule has 1 aromatic carbocycles. The first-order valence-corrected chi connectivity index (χ1v) is 9.85. The highest BCUT2D eigenvalue weighted by Crippen LogP contribution is 2.37. The number of hydrogen-bond donors (Lipinski definition) is 1. The van der Waals surface area contributed by atoms with Crippen LogP contribution in [0.2, 0.25) is 0 Å². The van der Waals surface area contributed by atoms with Gasteiger partial charge in [0.15, 0.2) is 0 Å². The fraction of sp³-hybridized carbons (Fsp3) is 0.500. The normalized spacial score (nSPS) is 29.2. The van der Waals surface area contributed by atoms with Gasteiger partial charge in [0.1, 0.15) is 6.04 Å². The Morgan fingerprint density at radius 3 is 2.34 bits per heavy atom. The summed E-state index contributed by atoms with van der Waals surface area (Å²) in [5, 5.41) is 26.0. The van der Waals surface area contributed by atoms with Crippen molar-refractivity contribution in [1.82, 2.24) is 14.9 Å². The van der Waals surface area contributed by atoms with Crippen LogP contribution < -0.4 is 0 Å². The molecule has 29 heavy (non-hydrogen) atoms. The van der Waals surface area contributed by atoms with Gasteiger partial charge in [-0.25, -0.2) is 10.0 Å². The Balaban J connectivity index is 1.69. The first-order valence-electron chi connectivity index (χ1n) is 9.85. The number of benzene rings is 1. The van der Waals surface area contributed by atoms with E-state index < -0.39 is 29.0 Å². The molecule has 4 atom stereocenters. The zero-order valence-electron chi connectivity index (χ0n) is 16.2. The van der Waals surface area contributed by atoms with E-state index in [2.05, 4.69) is 5.01 Å². The average molecular weight is 400 g/mol. The maximum Gasteiger partial charge on any atom is 0.269 e. The molecule has 0 aromatic heterocycles. The summed E-state index contributed by atoms with van der Waals surface area (Å²) in [6.07, 6.45) is 5.58. The smallest absolute Gasteiger partial charge is 0.269 e. The van der Waals surface area contributed by atoms with Gasteiger partial charge in [0.25, 0.3) is 5.69 Å². The molecule has 9 heteroatoms. The van der Waals surface area contributed by atoms with Crippen LogP contribution in [0.15, 0.2) is 36.4 Å². The number of hydrazine groups is 1. The zero-order chi connectivity index (χ0) is 20.7. The van der Waals surface area contributed by atoms with Gasteiger partial charge in [0, 0.05) is 32.3 Å². The molecule has 9 nitrogen and oxygen atoms in total.